The summed E-state index contributed by atoms with van der Waals surface area (Å²) in [6.45, 7) is 0.889. The topological polar surface area (TPSA) is 9.72 Å². The van der Waals surface area contributed by atoms with Crippen LogP contribution in [0.15, 0.2) is 158 Å². The molecule has 0 saturated heterocycles. The molecule has 7 aromatic rings. The van der Waals surface area contributed by atoms with Crippen molar-refractivity contribution in [2.24, 2.45) is 0 Å². The van der Waals surface area contributed by atoms with Crippen molar-refractivity contribution < 1.29 is 0 Å². The van der Waals surface area contributed by atoms with Gasteiger partial charge in [0.05, 0.1) is 11.4 Å². The molecule has 0 amide bonds. The zero-order valence-corrected chi connectivity index (χ0v) is 27.1. The first kappa shape index (κ1) is 27.0. The number of fused-ring (bicyclic) bond motifs is 6. The Labute approximate surface area is 287 Å². The largest absolute Gasteiger partial charge is 0.322 e. The minimum atomic E-state index is 0.118. The van der Waals surface area contributed by atoms with E-state index in [1.54, 1.807) is 0 Å². The fourth-order valence-corrected chi connectivity index (χ4v) is 8.96. The van der Waals surface area contributed by atoms with E-state index in [0.29, 0.717) is 0 Å². The summed E-state index contributed by atoms with van der Waals surface area (Å²) in [5, 5.41) is 0. The molecule has 4 heteroatoms. The van der Waals surface area contributed by atoms with E-state index in [1.165, 1.54) is 89.6 Å². The summed E-state index contributed by atoms with van der Waals surface area (Å²) in [5.74, 6) is 0. The fourth-order valence-electron chi connectivity index (χ4n) is 8.96. The first-order valence-electron chi connectivity index (χ1n) is 17.3. The zero-order valence-electron chi connectivity index (χ0n) is 27.1. The van der Waals surface area contributed by atoms with Gasteiger partial charge in [0.1, 0.15) is 6.67 Å². The lowest BCUT2D eigenvalue weighted by molar-refractivity contribution is 0.993. The summed E-state index contributed by atoms with van der Waals surface area (Å²) < 4.78 is 0. The molecular weight excluding hydrogens is 593 g/mol. The molecule has 0 fully saturated rings. The highest BCUT2D eigenvalue weighted by atomic mass is 15.4. The van der Waals surface area contributed by atoms with Crippen LogP contribution in [0.25, 0.3) is 11.1 Å². The maximum absolute atomic E-state index is 2.57. The molecule has 3 aliphatic heterocycles. The average Bonchev–Trinajstić information content (AvgIpc) is 3.56. The smallest absolute Gasteiger partial charge is 0.252 e. The maximum atomic E-state index is 2.57. The molecule has 0 aromatic heterocycles. The number of rotatable bonds is 3. The third-order valence-corrected chi connectivity index (χ3v) is 11.1. The molecular formula is C45H32BN3. The van der Waals surface area contributed by atoms with Crippen molar-refractivity contribution in [2.75, 3.05) is 21.4 Å². The van der Waals surface area contributed by atoms with Gasteiger partial charge in [-0.2, -0.15) is 0 Å². The third kappa shape index (κ3) is 3.92. The highest BCUT2D eigenvalue weighted by molar-refractivity contribution is 7.00. The van der Waals surface area contributed by atoms with Crippen molar-refractivity contribution in [1.82, 2.24) is 0 Å². The zero-order chi connectivity index (χ0) is 32.1. The van der Waals surface area contributed by atoms with Gasteiger partial charge >= 0.3 is 0 Å². The van der Waals surface area contributed by atoms with Gasteiger partial charge in [0.2, 0.25) is 0 Å². The van der Waals surface area contributed by atoms with Crippen molar-refractivity contribution in [2.45, 2.75) is 12.8 Å². The highest BCUT2D eigenvalue weighted by Gasteiger charge is 2.46. The molecule has 0 bridgehead atoms. The van der Waals surface area contributed by atoms with E-state index in [0.717, 1.165) is 19.5 Å². The summed E-state index contributed by atoms with van der Waals surface area (Å²) >= 11 is 0. The molecule has 7 aromatic carbocycles. The van der Waals surface area contributed by atoms with E-state index in [1.807, 2.05) is 0 Å². The van der Waals surface area contributed by atoms with Gasteiger partial charge in [-0.3, -0.25) is 0 Å². The van der Waals surface area contributed by atoms with Gasteiger partial charge in [-0.15, -0.1) is 0 Å². The third-order valence-electron chi connectivity index (χ3n) is 11.1. The Balaban J connectivity index is 1.15. The van der Waals surface area contributed by atoms with Crippen LogP contribution >= 0.6 is 0 Å². The van der Waals surface area contributed by atoms with Crippen LogP contribution in [0.2, 0.25) is 0 Å². The highest BCUT2D eigenvalue weighted by Crippen LogP contribution is 2.49. The minimum absolute atomic E-state index is 0.118. The molecule has 49 heavy (non-hydrogen) atoms. The lowest BCUT2D eigenvalue weighted by Crippen LogP contribution is -2.61. The van der Waals surface area contributed by atoms with E-state index in [-0.39, 0.29) is 6.71 Å². The summed E-state index contributed by atoms with van der Waals surface area (Å²) in [6.07, 6.45) is 2.00. The standard InChI is InChI=1S/C45H32BN3/c1-3-14-36(15-4-1)47-29-48-41-20-11-21-42-44(41)46(38-18-9-10-19-40(38)49(42)37-16-5-2-6-17-37)39-27-35(28-43(47)45(39)48)33-23-22-32-24-30-12-7-8-13-31(30)25-34(32)26-33/h1-23,26-28H,24-25,29H2. The number of hydrogen-bond acceptors (Lipinski definition) is 3. The normalized spacial score (nSPS) is 14.5. The number of benzene rings is 7. The maximum Gasteiger partial charge on any atom is 0.252 e. The van der Waals surface area contributed by atoms with Gasteiger partial charge < -0.3 is 14.7 Å². The SMILES string of the molecule is c1ccc(N2CN3c4cccc5c4B(c4ccccc4N5c4ccccc4)c4cc(-c5ccc6c(c5)Cc5ccccc5C6)cc2c43)cc1. The summed E-state index contributed by atoms with van der Waals surface area (Å²) in [6, 6.07) is 58.8. The Morgan fingerprint density at radius 1 is 0.408 bits per heavy atom. The molecule has 0 radical (unpaired) electrons. The lowest BCUT2D eigenvalue weighted by Gasteiger charge is -2.42. The Kier molecular flexibility index (Phi) is 5.65. The molecule has 0 spiro atoms. The van der Waals surface area contributed by atoms with Crippen LogP contribution in [0.4, 0.5) is 39.8 Å². The van der Waals surface area contributed by atoms with Crippen molar-refractivity contribution in [3.63, 3.8) is 0 Å². The molecule has 0 atom stereocenters. The van der Waals surface area contributed by atoms with Crippen LogP contribution < -0.4 is 31.1 Å². The van der Waals surface area contributed by atoms with E-state index >= 15 is 0 Å². The number of para-hydroxylation sites is 3. The number of hydrogen-bond donors (Lipinski definition) is 0. The second-order valence-electron chi connectivity index (χ2n) is 13.7. The van der Waals surface area contributed by atoms with Crippen LogP contribution in [0.3, 0.4) is 0 Å². The fraction of sp³-hybridized carbons (Fsp3) is 0.0667. The Hall–Kier alpha value is -6.00. The van der Waals surface area contributed by atoms with Crippen LogP contribution in [-0.4, -0.2) is 13.4 Å². The molecule has 4 aliphatic rings. The predicted molar refractivity (Wildman–Crippen MR) is 205 cm³/mol. The average molecular weight is 626 g/mol. The van der Waals surface area contributed by atoms with Gasteiger partial charge in [0.25, 0.3) is 6.71 Å². The monoisotopic (exact) mass is 625 g/mol. The first-order chi connectivity index (χ1) is 24.3. The van der Waals surface area contributed by atoms with Gasteiger partial charge in [-0.05, 0) is 111 Å². The Morgan fingerprint density at radius 2 is 1.06 bits per heavy atom. The molecule has 230 valence electrons. The first-order valence-corrected chi connectivity index (χ1v) is 17.3. The van der Waals surface area contributed by atoms with Crippen LogP contribution in [0.1, 0.15) is 22.3 Å². The van der Waals surface area contributed by atoms with Gasteiger partial charge in [-0.1, -0.05) is 109 Å². The minimum Gasteiger partial charge on any atom is -0.322 e. The summed E-state index contributed by atoms with van der Waals surface area (Å²) in [4.78, 5) is 7.54. The van der Waals surface area contributed by atoms with Crippen LogP contribution in [-0.2, 0) is 12.8 Å². The Bertz CT molecular complexity index is 2460. The quantitative estimate of drug-likeness (QED) is 0.182. The number of nitrogens with zero attached hydrogens (tertiary/aromatic N) is 3. The molecule has 0 unspecified atom stereocenters. The molecule has 3 nitrogen and oxygen atoms in total. The van der Waals surface area contributed by atoms with Crippen molar-refractivity contribution in [3.05, 3.63) is 180 Å². The van der Waals surface area contributed by atoms with Crippen LogP contribution in [0, 0.1) is 0 Å². The van der Waals surface area contributed by atoms with E-state index < -0.39 is 0 Å². The van der Waals surface area contributed by atoms with Crippen molar-refractivity contribution >= 4 is 62.9 Å². The van der Waals surface area contributed by atoms with Crippen molar-refractivity contribution in [3.8, 4) is 11.1 Å². The second kappa shape index (κ2) is 10.3. The lowest BCUT2D eigenvalue weighted by atomic mass is 9.33. The second-order valence-corrected chi connectivity index (χ2v) is 13.7. The molecule has 11 rings (SSSR count). The van der Waals surface area contributed by atoms with E-state index in [9.17, 15) is 0 Å². The predicted octanol–water partition coefficient (Wildman–Crippen LogP) is 8.71. The van der Waals surface area contributed by atoms with Gasteiger partial charge in [0, 0.05) is 28.4 Å². The Morgan fingerprint density at radius 3 is 1.88 bits per heavy atom. The summed E-state index contributed by atoms with van der Waals surface area (Å²) in [5.41, 5.74) is 21.3. The molecule has 3 heterocycles. The van der Waals surface area contributed by atoms with Crippen LogP contribution in [0.5, 0.6) is 0 Å². The van der Waals surface area contributed by atoms with Gasteiger partial charge in [-0.25, -0.2) is 0 Å². The van der Waals surface area contributed by atoms with Gasteiger partial charge in [0.15, 0.2) is 0 Å². The summed E-state index contributed by atoms with van der Waals surface area (Å²) in [7, 11) is 0. The van der Waals surface area contributed by atoms with Crippen molar-refractivity contribution in [1.29, 1.82) is 0 Å². The van der Waals surface area contributed by atoms with E-state index in [2.05, 4.69) is 172 Å². The molecule has 0 N–H and O–H groups in total. The number of anilines is 7. The molecule has 1 aliphatic carbocycles. The molecule has 0 saturated carbocycles. The van der Waals surface area contributed by atoms with E-state index in [4.69, 9.17) is 0 Å².